The Morgan fingerprint density at radius 1 is 1.18 bits per heavy atom. The maximum absolute atomic E-state index is 12.2. The fraction of sp³-hybridized carbons (Fsp3) is 0.211. The number of non-ortho nitro benzene ring substituents is 1. The number of anilines is 1. The van der Waals surface area contributed by atoms with Crippen molar-refractivity contribution in [1.82, 2.24) is 14.8 Å². The average molecular weight is 397 g/mol. The van der Waals surface area contributed by atoms with E-state index in [1.165, 1.54) is 29.5 Å². The highest BCUT2D eigenvalue weighted by Crippen LogP contribution is 2.25. The lowest BCUT2D eigenvalue weighted by Gasteiger charge is -2.07. The molecular formula is C19H19N5O3S. The quantitative estimate of drug-likeness (QED) is 0.386. The van der Waals surface area contributed by atoms with Crippen LogP contribution in [0.4, 0.5) is 11.4 Å². The molecule has 1 amide bonds. The predicted octanol–water partition coefficient (Wildman–Crippen LogP) is 3.74. The van der Waals surface area contributed by atoms with Crippen LogP contribution < -0.4 is 5.32 Å². The van der Waals surface area contributed by atoms with E-state index < -0.39 is 4.92 Å². The SMILES string of the molecule is Cc1ccc(NC(=O)CSc2nnc(-c3cccc([N+](=O)[O-])c3)n2C)cc1C. The standard InChI is InChI=1S/C19H19N5O3S/c1-12-7-8-15(9-13(12)2)20-17(25)11-28-19-22-21-18(23(19)3)14-5-4-6-16(10-14)24(26)27/h4-10H,11H2,1-3H3,(H,20,25). The van der Waals surface area contributed by atoms with Crippen LogP contribution in [0.5, 0.6) is 0 Å². The van der Waals surface area contributed by atoms with E-state index in [2.05, 4.69) is 15.5 Å². The third-order valence-corrected chi connectivity index (χ3v) is 5.29. The van der Waals surface area contributed by atoms with Crippen molar-refractivity contribution >= 4 is 29.0 Å². The molecule has 28 heavy (non-hydrogen) atoms. The van der Waals surface area contributed by atoms with Gasteiger partial charge in [-0.15, -0.1) is 10.2 Å². The van der Waals surface area contributed by atoms with Gasteiger partial charge in [-0.2, -0.15) is 0 Å². The number of nitrogens with zero attached hydrogens (tertiary/aromatic N) is 4. The molecule has 1 N–H and O–H groups in total. The van der Waals surface area contributed by atoms with E-state index in [1.807, 2.05) is 32.0 Å². The van der Waals surface area contributed by atoms with Gasteiger partial charge in [0.2, 0.25) is 5.91 Å². The molecular weight excluding hydrogens is 378 g/mol. The molecule has 0 saturated heterocycles. The summed E-state index contributed by atoms with van der Waals surface area (Å²) >= 11 is 1.25. The summed E-state index contributed by atoms with van der Waals surface area (Å²) in [6.45, 7) is 4.01. The van der Waals surface area contributed by atoms with Crippen LogP contribution in [-0.4, -0.2) is 31.3 Å². The number of aryl methyl sites for hydroxylation is 2. The van der Waals surface area contributed by atoms with Crippen molar-refractivity contribution in [2.24, 2.45) is 7.05 Å². The second kappa shape index (κ2) is 8.22. The van der Waals surface area contributed by atoms with Crippen molar-refractivity contribution in [2.75, 3.05) is 11.1 Å². The lowest BCUT2D eigenvalue weighted by atomic mass is 10.1. The minimum absolute atomic E-state index is 0.0116. The van der Waals surface area contributed by atoms with Crippen LogP contribution >= 0.6 is 11.8 Å². The molecule has 1 aromatic heterocycles. The minimum atomic E-state index is -0.452. The number of carbonyl (C=O) groups is 1. The molecule has 9 heteroatoms. The van der Waals surface area contributed by atoms with Crippen molar-refractivity contribution in [1.29, 1.82) is 0 Å². The van der Waals surface area contributed by atoms with Crippen LogP contribution in [0.2, 0.25) is 0 Å². The molecule has 0 aliphatic heterocycles. The molecule has 1 heterocycles. The summed E-state index contributed by atoms with van der Waals surface area (Å²) in [6.07, 6.45) is 0. The molecule has 0 radical (unpaired) electrons. The van der Waals surface area contributed by atoms with Gasteiger partial charge in [0.15, 0.2) is 11.0 Å². The maximum Gasteiger partial charge on any atom is 0.270 e. The number of hydrogen-bond acceptors (Lipinski definition) is 6. The maximum atomic E-state index is 12.2. The van der Waals surface area contributed by atoms with Gasteiger partial charge in [0.25, 0.3) is 5.69 Å². The highest BCUT2D eigenvalue weighted by molar-refractivity contribution is 7.99. The molecule has 8 nitrogen and oxygen atoms in total. The summed E-state index contributed by atoms with van der Waals surface area (Å²) in [5.41, 5.74) is 3.61. The monoisotopic (exact) mass is 397 g/mol. The normalized spacial score (nSPS) is 10.7. The molecule has 0 atom stereocenters. The van der Waals surface area contributed by atoms with Crippen molar-refractivity contribution in [2.45, 2.75) is 19.0 Å². The second-order valence-corrected chi connectivity index (χ2v) is 7.25. The van der Waals surface area contributed by atoms with Gasteiger partial charge in [-0.25, -0.2) is 0 Å². The lowest BCUT2D eigenvalue weighted by molar-refractivity contribution is -0.384. The molecule has 2 aromatic carbocycles. The Morgan fingerprint density at radius 2 is 1.96 bits per heavy atom. The topological polar surface area (TPSA) is 103 Å². The van der Waals surface area contributed by atoms with E-state index in [0.717, 1.165) is 11.3 Å². The van der Waals surface area contributed by atoms with E-state index in [4.69, 9.17) is 0 Å². The number of nitro groups is 1. The first-order chi connectivity index (χ1) is 13.3. The number of thioether (sulfide) groups is 1. The summed E-state index contributed by atoms with van der Waals surface area (Å²) in [5, 5.41) is 22.6. The van der Waals surface area contributed by atoms with Gasteiger partial charge in [-0.05, 0) is 37.1 Å². The molecule has 0 aliphatic rings. The minimum Gasteiger partial charge on any atom is -0.325 e. The fourth-order valence-electron chi connectivity index (χ4n) is 2.60. The van der Waals surface area contributed by atoms with E-state index >= 15 is 0 Å². The summed E-state index contributed by atoms with van der Waals surface area (Å²) < 4.78 is 1.72. The average Bonchev–Trinajstić information content (AvgIpc) is 3.03. The number of carbonyl (C=O) groups excluding carboxylic acids is 1. The zero-order chi connectivity index (χ0) is 20.3. The highest BCUT2D eigenvalue weighted by atomic mass is 32.2. The second-order valence-electron chi connectivity index (χ2n) is 6.31. The zero-order valence-electron chi connectivity index (χ0n) is 15.7. The van der Waals surface area contributed by atoms with Crippen molar-refractivity contribution < 1.29 is 9.72 Å². The third kappa shape index (κ3) is 4.37. The first-order valence-corrected chi connectivity index (χ1v) is 9.48. The first kappa shape index (κ1) is 19.6. The van der Waals surface area contributed by atoms with Crippen LogP contribution in [0.1, 0.15) is 11.1 Å². The summed E-state index contributed by atoms with van der Waals surface area (Å²) in [4.78, 5) is 22.7. The Morgan fingerprint density at radius 3 is 2.68 bits per heavy atom. The van der Waals surface area contributed by atoms with E-state index in [-0.39, 0.29) is 17.3 Å². The molecule has 0 bridgehead atoms. The van der Waals surface area contributed by atoms with Gasteiger partial charge in [-0.3, -0.25) is 14.9 Å². The van der Waals surface area contributed by atoms with Gasteiger partial charge in [0, 0.05) is 30.4 Å². The predicted molar refractivity (Wildman–Crippen MR) is 108 cm³/mol. The summed E-state index contributed by atoms with van der Waals surface area (Å²) in [5.74, 6) is 0.530. The van der Waals surface area contributed by atoms with Crippen LogP contribution in [0, 0.1) is 24.0 Å². The number of rotatable bonds is 6. The Hall–Kier alpha value is -3.20. The lowest BCUT2D eigenvalue weighted by Crippen LogP contribution is -2.14. The van der Waals surface area contributed by atoms with Gasteiger partial charge in [0.1, 0.15) is 0 Å². The highest BCUT2D eigenvalue weighted by Gasteiger charge is 2.15. The molecule has 0 saturated carbocycles. The molecule has 3 rings (SSSR count). The summed E-state index contributed by atoms with van der Waals surface area (Å²) in [6, 6.07) is 12.0. The van der Waals surface area contributed by atoms with E-state index in [0.29, 0.717) is 16.5 Å². The fourth-order valence-corrected chi connectivity index (χ4v) is 3.31. The van der Waals surface area contributed by atoms with Crippen LogP contribution in [0.25, 0.3) is 11.4 Å². The smallest absolute Gasteiger partial charge is 0.270 e. The van der Waals surface area contributed by atoms with Crippen LogP contribution in [0.3, 0.4) is 0 Å². The Kier molecular flexibility index (Phi) is 5.74. The first-order valence-electron chi connectivity index (χ1n) is 8.49. The van der Waals surface area contributed by atoms with E-state index in [9.17, 15) is 14.9 Å². The Bertz CT molecular complexity index is 1050. The Labute approximate surface area is 166 Å². The van der Waals surface area contributed by atoms with Gasteiger partial charge in [-0.1, -0.05) is 30.0 Å². The number of aromatic nitrogens is 3. The molecule has 0 aliphatic carbocycles. The molecule has 3 aromatic rings. The van der Waals surface area contributed by atoms with Gasteiger partial charge >= 0.3 is 0 Å². The van der Waals surface area contributed by atoms with Crippen molar-refractivity contribution in [3.8, 4) is 11.4 Å². The largest absolute Gasteiger partial charge is 0.325 e. The van der Waals surface area contributed by atoms with Crippen LogP contribution in [-0.2, 0) is 11.8 Å². The molecule has 144 valence electrons. The molecule has 0 fully saturated rings. The Balaban J connectivity index is 1.67. The number of nitrogens with one attached hydrogen (secondary N) is 1. The summed E-state index contributed by atoms with van der Waals surface area (Å²) in [7, 11) is 1.76. The van der Waals surface area contributed by atoms with Gasteiger partial charge < -0.3 is 9.88 Å². The third-order valence-electron chi connectivity index (χ3n) is 4.27. The van der Waals surface area contributed by atoms with Crippen LogP contribution in [0.15, 0.2) is 47.6 Å². The number of amides is 1. The number of hydrogen-bond donors (Lipinski definition) is 1. The number of nitro benzene ring substituents is 1. The van der Waals surface area contributed by atoms with E-state index in [1.54, 1.807) is 23.7 Å². The zero-order valence-corrected chi connectivity index (χ0v) is 16.5. The molecule has 0 unspecified atom stereocenters. The number of benzene rings is 2. The molecule has 0 spiro atoms. The van der Waals surface area contributed by atoms with Crippen molar-refractivity contribution in [3.05, 3.63) is 63.7 Å². The van der Waals surface area contributed by atoms with Crippen molar-refractivity contribution in [3.63, 3.8) is 0 Å². The van der Waals surface area contributed by atoms with Gasteiger partial charge in [0.05, 0.1) is 10.7 Å².